The molecule has 6 nitrogen and oxygen atoms in total. The van der Waals surface area contributed by atoms with Crippen LogP contribution >= 0.6 is 0 Å². The zero-order valence-corrected chi connectivity index (χ0v) is 15.1. The van der Waals surface area contributed by atoms with Crippen LogP contribution in [0.4, 0.5) is 16.3 Å². The second kappa shape index (κ2) is 7.39. The first-order valence-electron chi connectivity index (χ1n) is 8.58. The Hall–Kier alpha value is -3.15. The van der Waals surface area contributed by atoms with Gasteiger partial charge in [0.05, 0.1) is 5.52 Å². The third-order valence-corrected chi connectivity index (χ3v) is 3.93. The Labute approximate surface area is 151 Å². The SMILES string of the molecule is Cc1cccc(NC(=O)Nc2c3ccccc3nc(=O)n2CC(C)C)c1. The average Bonchev–Trinajstić information content (AvgIpc) is 2.57. The number of rotatable bonds is 4. The Morgan fingerprint density at radius 3 is 2.62 bits per heavy atom. The van der Waals surface area contributed by atoms with Gasteiger partial charge in [0.15, 0.2) is 0 Å². The molecule has 3 aromatic rings. The van der Waals surface area contributed by atoms with Crippen molar-refractivity contribution < 1.29 is 4.79 Å². The second-order valence-corrected chi connectivity index (χ2v) is 6.71. The number of aryl methyl sites for hydroxylation is 1. The predicted molar refractivity (Wildman–Crippen MR) is 105 cm³/mol. The average molecular weight is 350 g/mol. The molecule has 0 bridgehead atoms. The molecule has 1 heterocycles. The van der Waals surface area contributed by atoms with Gasteiger partial charge in [-0.2, -0.15) is 4.98 Å². The first-order valence-corrected chi connectivity index (χ1v) is 8.58. The third-order valence-electron chi connectivity index (χ3n) is 3.93. The summed E-state index contributed by atoms with van der Waals surface area (Å²) in [7, 11) is 0. The van der Waals surface area contributed by atoms with Crippen LogP contribution in [0.5, 0.6) is 0 Å². The van der Waals surface area contributed by atoms with Gasteiger partial charge in [0.1, 0.15) is 5.82 Å². The zero-order chi connectivity index (χ0) is 18.7. The van der Waals surface area contributed by atoms with Crippen LogP contribution in [0.2, 0.25) is 0 Å². The van der Waals surface area contributed by atoms with E-state index in [9.17, 15) is 9.59 Å². The molecule has 2 amide bonds. The van der Waals surface area contributed by atoms with Gasteiger partial charge in [0.25, 0.3) is 0 Å². The highest BCUT2D eigenvalue weighted by Gasteiger charge is 2.15. The summed E-state index contributed by atoms with van der Waals surface area (Å²) in [5.41, 5.74) is 1.93. The molecular formula is C20H22N4O2. The Kier molecular flexibility index (Phi) is 5.02. The lowest BCUT2D eigenvalue weighted by Crippen LogP contribution is -2.31. The van der Waals surface area contributed by atoms with Gasteiger partial charge in [0.2, 0.25) is 0 Å². The number of hydrogen-bond donors (Lipinski definition) is 2. The summed E-state index contributed by atoms with van der Waals surface area (Å²) >= 11 is 0. The fraction of sp³-hybridized carbons (Fsp3) is 0.250. The number of amides is 2. The van der Waals surface area contributed by atoms with Gasteiger partial charge < -0.3 is 5.32 Å². The van der Waals surface area contributed by atoms with E-state index in [-0.39, 0.29) is 11.6 Å². The molecule has 0 aliphatic heterocycles. The van der Waals surface area contributed by atoms with Crippen molar-refractivity contribution in [1.82, 2.24) is 9.55 Å². The molecule has 0 atom stereocenters. The van der Waals surface area contributed by atoms with E-state index in [0.717, 1.165) is 10.9 Å². The minimum Gasteiger partial charge on any atom is -0.308 e. The lowest BCUT2D eigenvalue weighted by molar-refractivity contribution is 0.262. The molecular weight excluding hydrogens is 328 g/mol. The number of urea groups is 1. The molecule has 0 radical (unpaired) electrons. The molecule has 2 aromatic carbocycles. The maximum Gasteiger partial charge on any atom is 0.349 e. The van der Waals surface area contributed by atoms with Crippen molar-refractivity contribution >= 4 is 28.4 Å². The molecule has 2 N–H and O–H groups in total. The van der Waals surface area contributed by atoms with E-state index >= 15 is 0 Å². The number of benzene rings is 2. The van der Waals surface area contributed by atoms with Crippen LogP contribution in [0.15, 0.2) is 53.3 Å². The van der Waals surface area contributed by atoms with Crippen LogP contribution in [0.25, 0.3) is 10.9 Å². The number of para-hydroxylation sites is 1. The molecule has 0 saturated heterocycles. The number of nitrogens with zero attached hydrogens (tertiary/aromatic N) is 2. The van der Waals surface area contributed by atoms with Gasteiger partial charge in [0, 0.05) is 17.6 Å². The number of hydrogen-bond acceptors (Lipinski definition) is 3. The van der Waals surface area contributed by atoms with E-state index in [1.54, 1.807) is 6.07 Å². The molecule has 0 spiro atoms. The number of fused-ring (bicyclic) bond motifs is 1. The summed E-state index contributed by atoms with van der Waals surface area (Å²) < 4.78 is 1.52. The molecule has 0 unspecified atom stereocenters. The fourth-order valence-electron chi connectivity index (χ4n) is 2.84. The largest absolute Gasteiger partial charge is 0.349 e. The van der Waals surface area contributed by atoms with Crippen molar-refractivity contribution in [3.63, 3.8) is 0 Å². The molecule has 3 rings (SSSR count). The van der Waals surface area contributed by atoms with Crippen LogP contribution in [0.1, 0.15) is 19.4 Å². The Morgan fingerprint density at radius 2 is 1.88 bits per heavy atom. The lowest BCUT2D eigenvalue weighted by Gasteiger charge is -2.17. The zero-order valence-electron chi connectivity index (χ0n) is 15.1. The minimum atomic E-state index is -0.399. The first-order chi connectivity index (χ1) is 12.4. The van der Waals surface area contributed by atoms with Crippen LogP contribution in [-0.2, 0) is 6.54 Å². The van der Waals surface area contributed by atoms with Gasteiger partial charge in [-0.1, -0.05) is 38.1 Å². The van der Waals surface area contributed by atoms with Crippen LogP contribution in [-0.4, -0.2) is 15.6 Å². The van der Waals surface area contributed by atoms with Gasteiger partial charge in [-0.25, -0.2) is 9.59 Å². The monoisotopic (exact) mass is 350 g/mol. The number of nitrogens with one attached hydrogen (secondary N) is 2. The van der Waals surface area contributed by atoms with E-state index in [0.29, 0.717) is 23.6 Å². The summed E-state index contributed by atoms with van der Waals surface area (Å²) in [6, 6.07) is 14.4. The molecule has 0 aliphatic carbocycles. The molecule has 0 aliphatic rings. The highest BCUT2D eigenvalue weighted by molar-refractivity contribution is 6.04. The molecule has 1 aromatic heterocycles. The minimum absolute atomic E-state index is 0.232. The Morgan fingerprint density at radius 1 is 1.12 bits per heavy atom. The van der Waals surface area contributed by atoms with E-state index in [2.05, 4.69) is 15.6 Å². The summed E-state index contributed by atoms with van der Waals surface area (Å²) in [4.78, 5) is 29.1. The van der Waals surface area contributed by atoms with Crippen molar-refractivity contribution in [2.24, 2.45) is 5.92 Å². The Bertz CT molecular complexity index is 1010. The second-order valence-electron chi connectivity index (χ2n) is 6.71. The van der Waals surface area contributed by atoms with Crippen LogP contribution in [0, 0.1) is 12.8 Å². The first kappa shape index (κ1) is 17.7. The summed E-state index contributed by atoms with van der Waals surface area (Å²) in [5.74, 6) is 0.690. The molecule has 0 saturated carbocycles. The van der Waals surface area contributed by atoms with Gasteiger partial charge in [-0.3, -0.25) is 9.88 Å². The fourth-order valence-corrected chi connectivity index (χ4v) is 2.84. The topological polar surface area (TPSA) is 76.0 Å². The maximum absolute atomic E-state index is 12.5. The molecule has 6 heteroatoms. The smallest absolute Gasteiger partial charge is 0.308 e. The number of anilines is 2. The van der Waals surface area contributed by atoms with Crippen molar-refractivity contribution in [1.29, 1.82) is 0 Å². The van der Waals surface area contributed by atoms with Gasteiger partial charge in [-0.05, 0) is 42.7 Å². The van der Waals surface area contributed by atoms with Crippen molar-refractivity contribution in [2.45, 2.75) is 27.3 Å². The lowest BCUT2D eigenvalue weighted by atomic mass is 10.2. The highest BCUT2D eigenvalue weighted by Crippen LogP contribution is 2.21. The van der Waals surface area contributed by atoms with E-state index in [1.807, 2.05) is 63.2 Å². The van der Waals surface area contributed by atoms with Gasteiger partial charge >= 0.3 is 11.7 Å². The van der Waals surface area contributed by atoms with E-state index in [1.165, 1.54) is 4.57 Å². The van der Waals surface area contributed by atoms with Crippen LogP contribution < -0.4 is 16.3 Å². The van der Waals surface area contributed by atoms with Crippen molar-refractivity contribution in [3.8, 4) is 0 Å². The van der Waals surface area contributed by atoms with Crippen molar-refractivity contribution in [2.75, 3.05) is 10.6 Å². The summed E-state index contributed by atoms with van der Waals surface area (Å²) in [6.45, 7) is 6.45. The maximum atomic E-state index is 12.5. The summed E-state index contributed by atoms with van der Waals surface area (Å²) in [5, 5.41) is 6.38. The normalized spacial score (nSPS) is 10.9. The van der Waals surface area contributed by atoms with E-state index < -0.39 is 6.03 Å². The van der Waals surface area contributed by atoms with Crippen LogP contribution in [0.3, 0.4) is 0 Å². The Balaban J connectivity index is 1.99. The highest BCUT2D eigenvalue weighted by atomic mass is 16.2. The number of aromatic nitrogens is 2. The van der Waals surface area contributed by atoms with Crippen molar-refractivity contribution in [3.05, 3.63) is 64.6 Å². The standard InChI is InChI=1S/C20H22N4O2/c1-13(2)12-24-18(16-9-4-5-10-17(16)22-20(24)26)23-19(25)21-15-8-6-7-14(3)11-15/h4-11,13H,12H2,1-3H3,(H2,21,23,25). The molecule has 26 heavy (non-hydrogen) atoms. The molecule has 134 valence electrons. The quantitative estimate of drug-likeness (QED) is 0.746. The molecule has 0 fully saturated rings. The van der Waals surface area contributed by atoms with Gasteiger partial charge in [-0.15, -0.1) is 0 Å². The summed E-state index contributed by atoms with van der Waals surface area (Å²) in [6.07, 6.45) is 0. The number of carbonyl (C=O) groups excluding carboxylic acids is 1. The number of carbonyl (C=O) groups is 1. The van der Waals surface area contributed by atoms with E-state index in [4.69, 9.17) is 0 Å². The predicted octanol–water partition coefficient (Wildman–Crippen LogP) is 4.00. The third kappa shape index (κ3) is 3.91.